The van der Waals surface area contributed by atoms with Crippen molar-refractivity contribution < 1.29 is 9.53 Å². The van der Waals surface area contributed by atoms with Crippen LogP contribution < -0.4 is 10.1 Å². The minimum absolute atomic E-state index is 0.163. The van der Waals surface area contributed by atoms with Crippen LogP contribution in [0.1, 0.15) is 18.9 Å². The number of hydrogen-bond acceptors (Lipinski definition) is 4. The Morgan fingerprint density at radius 3 is 2.64 bits per heavy atom. The van der Waals surface area contributed by atoms with Crippen LogP contribution in [-0.2, 0) is 11.2 Å². The number of rotatable bonds is 6. The first-order valence-electron chi connectivity index (χ1n) is 8.01. The van der Waals surface area contributed by atoms with E-state index >= 15 is 0 Å². The monoisotopic (exact) mass is 374 g/mol. The largest absolute Gasteiger partial charge is 0.478 e. The SMILES string of the molecule is CC(C)(Oc1ccc(Cl)cc1)C(=O)NCCc1nc2ccccc2s1. The van der Waals surface area contributed by atoms with Crippen molar-refractivity contribution in [2.75, 3.05) is 6.54 Å². The first-order chi connectivity index (χ1) is 11.9. The zero-order chi connectivity index (χ0) is 17.9. The second-order valence-corrected chi connectivity index (χ2v) is 7.70. The molecule has 0 atom stereocenters. The summed E-state index contributed by atoms with van der Waals surface area (Å²) in [7, 11) is 0. The van der Waals surface area contributed by atoms with Gasteiger partial charge in [0, 0.05) is 18.0 Å². The number of hydrogen-bond donors (Lipinski definition) is 1. The van der Waals surface area contributed by atoms with Gasteiger partial charge in [-0.25, -0.2) is 4.98 Å². The van der Waals surface area contributed by atoms with Crippen LogP contribution >= 0.6 is 22.9 Å². The van der Waals surface area contributed by atoms with E-state index in [1.54, 1.807) is 49.4 Å². The highest BCUT2D eigenvalue weighted by Gasteiger charge is 2.29. The third-order valence-electron chi connectivity index (χ3n) is 3.70. The Bertz CT molecular complexity index is 842. The molecule has 0 fully saturated rings. The number of thiazole rings is 1. The highest BCUT2D eigenvalue weighted by atomic mass is 35.5. The maximum Gasteiger partial charge on any atom is 0.263 e. The molecule has 2 aromatic carbocycles. The van der Waals surface area contributed by atoms with Crippen molar-refractivity contribution in [3.8, 4) is 5.75 Å². The predicted molar refractivity (Wildman–Crippen MR) is 102 cm³/mol. The highest BCUT2D eigenvalue weighted by molar-refractivity contribution is 7.18. The van der Waals surface area contributed by atoms with Gasteiger partial charge < -0.3 is 10.1 Å². The fraction of sp³-hybridized carbons (Fsp3) is 0.263. The molecule has 0 unspecified atom stereocenters. The molecule has 0 aliphatic carbocycles. The average molecular weight is 375 g/mol. The summed E-state index contributed by atoms with van der Waals surface area (Å²) in [6.45, 7) is 4.01. The Balaban J connectivity index is 1.54. The molecule has 1 N–H and O–H groups in total. The van der Waals surface area contributed by atoms with Gasteiger partial charge in [0.25, 0.3) is 5.91 Å². The summed E-state index contributed by atoms with van der Waals surface area (Å²) in [5.74, 6) is 0.444. The lowest BCUT2D eigenvalue weighted by Crippen LogP contribution is -2.47. The molecule has 1 aromatic heterocycles. The van der Waals surface area contributed by atoms with Crippen LogP contribution in [0.4, 0.5) is 0 Å². The number of nitrogens with one attached hydrogen (secondary N) is 1. The van der Waals surface area contributed by atoms with Gasteiger partial charge in [0.15, 0.2) is 5.60 Å². The number of fused-ring (bicyclic) bond motifs is 1. The summed E-state index contributed by atoms with van der Waals surface area (Å²) in [6, 6.07) is 15.0. The molecule has 0 saturated heterocycles. The zero-order valence-corrected chi connectivity index (χ0v) is 15.7. The fourth-order valence-corrected chi connectivity index (χ4v) is 3.46. The van der Waals surface area contributed by atoms with Crippen LogP contribution in [0.2, 0.25) is 5.02 Å². The van der Waals surface area contributed by atoms with Gasteiger partial charge in [-0.15, -0.1) is 11.3 Å². The quantitative estimate of drug-likeness (QED) is 0.692. The van der Waals surface area contributed by atoms with Crippen LogP contribution in [0.5, 0.6) is 5.75 Å². The van der Waals surface area contributed by atoms with Gasteiger partial charge in [0.05, 0.1) is 15.2 Å². The van der Waals surface area contributed by atoms with Crippen molar-refractivity contribution in [3.63, 3.8) is 0 Å². The number of amides is 1. The van der Waals surface area contributed by atoms with Gasteiger partial charge in [-0.3, -0.25) is 4.79 Å². The molecule has 0 saturated carbocycles. The number of benzene rings is 2. The van der Waals surface area contributed by atoms with Crippen molar-refractivity contribution in [2.45, 2.75) is 25.9 Å². The van der Waals surface area contributed by atoms with Crippen molar-refractivity contribution in [1.82, 2.24) is 10.3 Å². The molecule has 3 aromatic rings. The van der Waals surface area contributed by atoms with E-state index in [1.807, 2.05) is 18.2 Å². The van der Waals surface area contributed by atoms with E-state index in [4.69, 9.17) is 16.3 Å². The number of ether oxygens (including phenoxy) is 1. The second kappa shape index (κ2) is 7.42. The molecule has 3 rings (SSSR count). The summed E-state index contributed by atoms with van der Waals surface area (Å²) >= 11 is 7.52. The molecule has 0 bridgehead atoms. The van der Waals surface area contributed by atoms with Gasteiger partial charge in [-0.1, -0.05) is 23.7 Å². The maximum atomic E-state index is 12.4. The fourth-order valence-electron chi connectivity index (χ4n) is 2.37. The number of nitrogens with zero attached hydrogens (tertiary/aromatic N) is 1. The lowest BCUT2D eigenvalue weighted by molar-refractivity contribution is -0.134. The van der Waals surface area contributed by atoms with E-state index in [1.165, 1.54) is 0 Å². The van der Waals surface area contributed by atoms with E-state index in [9.17, 15) is 4.79 Å². The normalized spacial score (nSPS) is 11.5. The molecule has 0 spiro atoms. The van der Waals surface area contributed by atoms with Crippen LogP contribution in [0.3, 0.4) is 0 Å². The number of carbonyl (C=O) groups is 1. The molecular weight excluding hydrogens is 356 g/mol. The van der Waals surface area contributed by atoms with Crippen LogP contribution in [0.25, 0.3) is 10.2 Å². The minimum Gasteiger partial charge on any atom is -0.478 e. The molecule has 130 valence electrons. The van der Waals surface area contributed by atoms with Crippen LogP contribution in [-0.4, -0.2) is 23.0 Å². The topological polar surface area (TPSA) is 51.2 Å². The van der Waals surface area contributed by atoms with Gasteiger partial charge in [-0.2, -0.15) is 0 Å². The molecule has 4 nitrogen and oxygen atoms in total. The van der Waals surface area contributed by atoms with Gasteiger partial charge in [-0.05, 0) is 50.2 Å². The number of para-hydroxylation sites is 1. The molecule has 25 heavy (non-hydrogen) atoms. The second-order valence-electron chi connectivity index (χ2n) is 6.15. The first kappa shape index (κ1) is 17.7. The Hall–Kier alpha value is -2.11. The smallest absolute Gasteiger partial charge is 0.263 e. The van der Waals surface area contributed by atoms with Gasteiger partial charge >= 0.3 is 0 Å². The van der Waals surface area contributed by atoms with E-state index < -0.39 is 5.60 Å². The molecule has 0 radical (unpaired) electrons. The molecule has 0 aliphatic rings. The van der Waals surface area contributed by atoms with E-state index in [-0.39, 0.29) is 5.91 Å². The standard InChI is InChI=1S/C19H19ClN2O2S/c1-19(2,24-14-9-7-13(20)8-10-14)18(23)21-12-11-17-22-15-5-3-4-6-16(15)25-17/h3-10H,11-12H2,1-2H3,(H,21,23). The summed E-state index contributed by atoms with van der Waals surface area (Å²) in [6.07, 6.45) is 0.697. The Labute approximate surface area is 155 Å². The predicted octanol–water partition coefficient (Wildman–Crippen LogP) is 4.47. The zero-order valence-electron chi connectivity index (χ0n) is 14.1. The molecule has 1 heterocycles. The molecule has 6 heteroatoms. The summed E-state index contributed by atoms with van der Waals surface area (Å²) in [5.41, 5.74) is 0.0294. The number of carbonyl (C=O) groups excluding carboxylic acids is 1. The molecule has 0 aliphatic heterocycles. The van der Waals surface area contributed by atoms with Crippen LogP contribution in [0, 0.1) is 0 Å². The maximum absolute atomic E-state index is 12.4. The molecule has 1 amide bonds. The van der Waals surface area contributed by atoms with Crippen molar-refractivity contribution >= 4 is 39.1 Å². The Morgan fingerprint density at radius 1 is 1.20 bits per heavy atom. The Morgan fingerprint density at radius 2 is 1.92 bits per heavy atom. The summed E-state index contributed by atoms with van der Waals surface area (Å²) in [5, 5.41) is 4.57. The van der Waals surface area contributed by atoms with E-state index in [0.717, 1.165) is 15.2 Å². The third kappa shape index (κ3) is 4.50. The summed E-state index contributed by atoms with van der Waals surface area (Å²) in [4.78, 5) is 17.0. The highest BCUT2D eigenvalue weighted by Crippen LogP contribution is 2.22. The van der Waals surface area contributed by atoms with Gasteiger partial charge in [0.2, 0.25) is 0 Å². The number of aromatic nitrogens is 1. The van der Waals surface area contributed by atoms with Crippen molar-refractivity contribution in [1.29, 1.82) is 0 Å². The van der Waals surface area contributed by atoms with Crippen molar-refractivity contribution in [3.05, 3.63) is 58.6 Å². The molecular formula is C19H19ClN2O2S. The summed E-state index contributed by atoms with van der Waals surface area (Å²) < 4.78 is 6.95. The lowest BCUT2D eigenvalue weighted by Gasteiger charge is -2.25. The van der Waals surface area contributed by atoms with Crippen LogP contribution in [0.15, 0.2) is 48.5 Å². The number of halogens is 1. The average Bonchev–Trinajstić information content (AvgIpc) is 2.99. The van der Waals surface area contributed by atoms with Crippen molar-refractivity contribution in [2.24, 2.45) is 0 Å². The lowest BCUT2D eigenvalue weighted by atomic mass is 10.1. The third-order valence-corrected chi connectivity index (χ3v) is 5.04. The van der Waals surface area contributed by atoms with Gasteiger partial charge in [0.1, 0.15) is 5.75 Å². The Kier molecular flexibility index (Phi) is 5.25. The van der Waals surface area contributed by atoms with E-state index in [0.29, 0.717) is 23.7 Å². The first-order valence-corrected chi connectivity index (χ1v) is 9.21. The van der Waals surface area contributed by atoms with E-state index in [2.05, 4.69) is 16.4 Å². The minimum atomic E-state index is -0.971.